The molecule has 0 unspecified atom stereocenters. The predicted octanol–water partition coefficient (Wildman–Crippen LogP) is 2.36. The van der Waals surface area contributed by atoms with Gasteiger partial charge in [0.2, 0.25) is 0 Å². The minimum atomic E-state index is 0.0444. The smallest absolute Gasteiger partial charge is 0.170 e. The van der Waals surface area contributed by atoms with Crippen LogP contribution in [0.5, 0.6) is 0 Å². The first-order valence-electron chi connectivity index (χ1n) is 5.03. The second-order valence-electron chi connectivity index (χ2n) is 3.34. The molecule has 3 N–H and O–H groups in total. The Morgan fingerprint density at radius 1 is 1.56 bits per heavy atom. The summed E-state index contributed by atoms with van der Waals surface area (Å²) in [5.74, 6) is 0.0444. The minimum Gasteiger partial charge on any atom is -0.409 e. The van der Waals surface area contributed by atoms with Crippen LogP contribution >= 0.6 is 11.6 Å². The van der Waals surface area contributed by atoms with Crippen molar-refractivity contribution in [3.05, 3.63) is 34.3 Å². The van der Waals surface area contributed by atoms with Crippen LogP contribution in [0.3, 0.4) is 0 Å². The first kappa shape index (κ1) is 12.8. The third-order valence-electron chi connectivity index (χ3n) is 2.06. The number of nitrogens with zero attached hydrogens (tertiary/aromatic N) is 1. The van der Waals surface area contributed by atoms with Crippen molar-refractivity contribution < 1.29 is 9.94 Å². The molecular formula is C11H15ClN2O2. The van der Waals surface area contributed by atoms with Crippen LogP contribution in [0.25, 0.3) is 0 Å². The standard InChI is InChI=1S/C11H15ClN2O2/c1-2-5-16-7-9-4-3-8(6-10(9)12)11(13)14-15/h3-4,6,15H,2,5,7H2,1H3,(H2,13,14). The molecule has 1 aromatic carbocycles. The number of ether oxygens (including phenoxy) is 1. The number of hydrogen-bond acceptors (Lipinski definition) is 3. The van der Waals surface area contributed by atoms with Crippen molar-refractivity contribution in [1.29, 1.82) is 0 Å². The van der Waals surface area contributed by atoms with Crippen LogP contribution in [0, 0.1) is 0 Å². The maximum Gasteiger partial charge on any atom is 0.170 e. The molecule has 0 aromatic heterocycles. The fourth-order valence-corrected chi connectivity index (χ4v) is 1.44. The lowest BCUT2D eigenvalue weighted by Gasteiger charge is -2.07. The fourth-order valence-electron chi connectivity index (χ4n) is 1.21. The molecule has 0 aliphatic heterocycles. The zero-order valence-corrected chi connectivity index (χ0v) is 9.87. The molecule has 1 aromatic rings. The number of rotatable bonds is 5. The summed E-state index contributed by atoms with van der Waals surface area (Å²) in [5.41, 5.74) is 6.93. The van der Waals surface area contributed by atoms with E-state index in [0.717, 1.165) is 12.0 Å². The van der Waals surface area contributed by atoms with Crippen molar-refractivity contribution in [2.45, 2.75) is 20.0 Å². The van der Waals surface area contributed by atoms with Crippen LogP contribution in [-0.2, 0) is 11.3 Å². The number of benzene rings is 1. The molecule has 0 spiro atoms. The van der Waals surface area contributed by atoms with Crippen molar-refractivity contribution in [2.24, 2.45) is 10.9 Å². The van der Waals surface area contributed by atoms with Crippen LogP contribution in [0.4, 0.5) is 0 Å². The van der Waals surface area contributed by atoms with Gasteiger partial charge in [-0.25, -0.2) is 0 Å². The molecule has 0 heterocycles. The van der Waals surface area contributed by atoms with Crippen molar-refractivity contribution >= 4 is 17.4 Å². The SMILES string of the molecule is CCCOCc1ccc(/C(N)=N/O)cc1Cl. The molecule has 0 radical (unpaired) electrons. The van der Waals surface area contributed by atoms with Gasteiger partial charge in [0, 0.05) is 17.2 Å². The van der Waals surface area contributed by atoms with E-state index in [-0.39, 0.29) is 5.84 Å². The average Bonchev–Trinajstić information content (AvgIpc) is 2.30. The van der Waals surface area contributed by atoms with Crippen LogP contribution < -0.4 is 5.73 Å². The van der Waals surface area contributed by atoms with Gasteiger partial charge in [-0.15, -0.1) is 0 Å². The molecule has 1 rings (SSSR count). The fraction of sp³-hybridized carbons (Fsp3) is 0.364. The third kappa shape index (κ3) is 3.40. The topological polar surface area (TPSA) is 67.8 Å². The normalized spacial score (nSPS) is 11.8. The zero-order valence-electron chi connectivity index (χ0n) is 9.11. The van der Waals surface area contributed by atoms with E-state index in [2.05, 4.69) is 5.16 Å². The van der Waals surface area contributed by atoms with Crippen molar-refractivity contribution in [3.8, 4) is 0 Å². The Balaban J connectivity index is 2.75. The Morgan fingerprint density at radius 2 is 2.31 bits per heavy atom. The van der Waals surface area contributed by atoms with Crippen molar-refractivity contribution in [1.82, 2.24) is 0 Å². The van der Waals surface area contributed by atoms with Gasteiger partial charge in [-0.3, -0.25) is 0 Å². The number of halogens is 1. The quantitative estimate of drug-likeness (QED) is 0.274. The molecule has 0 fully saturated rings. The molecule has 5 heteroatoms. The predicted molar refractivity (Wildman–Crippen MR) is 63.9 cm³/mol. The first-order chi connectivity index (χ1) is 7.69. The highest BCUT2D eigenvalue weighted by molar-refractivity contribution is 6.31. The van der Waals surface area contributed by atoms with E-state index < -0.39 is 0 Å². The monoisotopic (exact) mass is 242 g/mol. The van der Waals surface area contributed by atoms with Crippen LogP contribution in [-0.4, -0.2) is 17.6 Å². The van der Waals surface area contributed by atoms with Crippen molar-refractivity contribution in [2.75, 3.05) is 6.61 Å². The van der Waals surface area contributed by atoms with Gasteiger partial charge in [-0.05, 0) is 18.1 Å². The van der Waals surface area contributed by atoms with Crippen LogP contribution in [0.15, 0.2) is 23.4 Å². The van der Waals surface area contributed by atoms with E-state index in [1.54, 1.807) is 12.1 Å². The first-order valence-corrected chi connectivity index (χ1v) is 5.41. The van der Waals surface area contributed by atoms with Gasteiger partial charge in [0.25, 0.3) is 0 Å². The lowest BCUT2D eigenvalue weighted by Crippen LogP contribution is -2.13. The molecule has 0 bridgehead atoms. The number of hydrogen-bond donors (Lipinski definition) is 2. The molecule has 0 atom stereocenters. The maximum absolute atomic E-state index is 8.52. The largest absolute Gasteiger partial charge is 0.409 e. The van der Waals surface area contributed by atoms with E-state index in [9.17, 15) is 0 Å². The van der Waals surface area contributed by atoms with Gasteiger partial charge in [0.1, 0.15) is 0 Å². The summed E-state index contributed by atoms with van der Waals surface area (Å²) in [6.45, 7) is 3.23. The third-order valence-corrected chi connectivity index (χ3v) is 2.41. The Hall–Kier alpha value is -1.26. The molecule has 4 nitrogen and oxygen atoms in total. The van der Waals surface area contributed by atoms with E-state index in [1.807, 2.05) is 13.0 Å². The highest BCUT2D eigenvalue weighted by Gasteiger charge is 2.04. The molecule has 0 saturated heterocycles. The summed E-state index contributed by atoms with van der Waals surface area (Å²) in [6.07, 6.45) is 0.972. The molecular weight excluding hydrogens is 228 g/mol. The minimum absolute atomic E-state index is 0.0444. The number of nitrogens with two attached hydrogens (primary N) is 1. The Kier molecular flexibility index (Phi) is 5.08. The van der Waals surface area contributed by atoms with Gasteiger partial charge in [-0.2, -0.15) is 0 Å². The van der Waals surface area contributed by atoms with Gasteiger partial charge in [0.05, 0.1) is 6.61 Å². The second-order valence-corrected chi connectivity index (χ2v) is 3.75. The molecule has 0 aliphatic rings. The lowest BCUT2D eigenvalue weighted by molar-refractivity contribution is 0.121. The lowest BCUT2D eigenvalue weighted by atomic mass is 10.1. The summed E-state index contributed by atoms with van der Waals surface area (Å²) < 4.78 is 5.38. The molecule has 88 valence electrons. The van der Waals surface area contributed by atoms with E-state index in [1.165, 1.54) is 0 Å². The van der Waals surface area contributed by atoms with Gasteiger partial charge >= 0.3 is 0 Å². The Morgan fingerprint density at radius 3 is 2.88 bits per heavy atom. The maximum atomic E-state index is 8.52. The molecule has 0 saturated carbocycles. The highest BCUT2D eigenvalue weighted by Crippen LogP contribution is 2.18. The molecule has 0 aliphatic carbocycles. The van der Waals surface area contributed by atoms with E-state index >= 15 is 0 Å². The van der Waals surface area contributed by atoms with Gasteiger partial charge < -0.3 is 15.7 Å². The van der Waals surface area contributed by atoms with E-state index in [4.69, 9.17) is 27.3 Å². The van der Waals surface area contributed by atoms with Crippen LogP contribution in [0.2, 0.25) is 5.02 Å². The Labute approximate surface area is 99.7 Å². The number of amidine groups is 1. The molecule has 0 amide bonds. The summed E-state index contributed by atoms with van der Waals surface area (Å²) in [5, 5.41) is 12.0. The number of oxime groups is 1. The average molecular weight is 243 g/mol. The highest BCUT2D eigenvalue weighted by atomic mass is 35.5. The van der Waals surface area contributed by atoms with Gasteiger partial charge in [-0.1, -0.05) is 35.8 Å². The summed E-state index contributed by atoms with van der Waals surface area (Å²) >= 11 is 6.04. The zero-order chi connectivity index (χ0) is 12.0. The van der Waals surface area contributed by atoms with Crippen LogP contribution in [0.1, 0.15) is 24.5 Å². The second kappa shape index (κ2) is 6.35. The summed E-state index contributed by atoms with van der Waals surface area (Å²) in [6, 6.07) is 5.21. The Bertz CT molecular complexity index is 380. The van der Waals surface area contributed by atoms with Crippen molar-refractivity contribution in [3.63, 3.8) is 0 Å². The van der Waals surface area contributed by atoms with Gasteiger partial charge in [0.15, 0.2) is 5.84 Å². The molecule has 16 heavy (non-hydrogen) atoms. The summed E-state index contributed by atoms with van der Waals surface area (Å²) in [7, 11) is 0. The van der Waals surface area contributed by atoms with E-state index in [0.29, 0.717) is 23.8 Å². The summed E-state index contributed by atoms with van der Waals surface area (Å²) in [4.78, 5) is 0.